The Morgan fingerprint density at radius 3 is 2.00 bits per heavy atom. The predicted molar refractivity (Wildman–Crippen MR) is 149 cm³/mol. The maximum Gasteiger partial charge on any atom is 0.330 e. The minimum Gasteiger partial charge on any atom is -0.427 e. The number of aliphatic hydroxyl groups is 1. The lowest BCUT2D eigenvalue weighted by molar-refractivity contribution is -0.0893. The third kappa shape index (κ3) is 6.03. The summed E-state index contributed by atoms with van der Waals surface area (Å²) >= 11 is 0. The fourth-order valence-corrected chi connectivity index (χ4v) is 3.58. The Kier molecular flexibility index (Phi) is 7.60. The van der Waals surface area contributed by atoms with Crippen molar-refractivity contribution >= 4 is 18.8 Å². The molecule has 0 amide bonds. The molecule has 0 aliphatic rings. The number of aromatic nitrogens is 1. The molecule has 6 heteroatoms. The Balaban J connectivity index is 1.53. The van der Waals surface area contributed by atoms with Crippen molar-refractivity contribution in [2.75, 3.05) is 5.32 Å². The Morgan fingerprint density at radius 2 is 1.42 bits per heavy atom. The van der Waals surface area contributed by atoms with Crippen LogP contribution >= 0.6 is 0 Å². The van der Waals surface area contributed by atoms with E-state index in [9.17, 15) is 5.11 Å². The van der Waals surface area contributed by atoms with Crippen LogP contribution < -0.4 is 16.5 Å². The lowest BCUT2D eigenvalue weighted by Crippen LogP contribution is -2.49. The Bertz CT molecular complexity index is 1270. The van der Waals surface area contributed by atoms with Crippen LogP contribution in [0.25, 0.3) is 22.3 Å². The van der Waals surface area contributed by atoms with Crippen molar-refractivity contribution < 1.29 is 9.76 Å². The maximum atomic E-state index is 10.3. The van der Waals surface area contributed by atoms with E-state index in [1.165, 1.54) is 0 Å². The standard InChI is InChI=1S/C30H33BN3O2/c1-29(2,35)30(3,4)36-31-25-17-15-23(16-18-25)27(32)34-28-26(22-13-9-6-10-14-22)19-24(20-33-28)21-11-7-5-8-12-21/h5-20,27,35H,32H2,1-4H3,(H,33,34). The van der Waals surface area contributed by atoms with E-state index < -0.39 is 17.4 Å². The van der Waals surface area contributed by atoms with Crippen LogP contribution in [0.1, 0.15) is 39.4 Å². The average Bonchev–Trinajstić information content (AvgIpc) is 2.88. The molecule has 4 N–H and O–H groups in total. The van der Waals surface area contributed by atoms with Gasteiger partial charge in [-0.1, -0.05) is 90.4 Å². The van der Waals surface area contributed by atoms with E-state index in [1.807, 2.05) is 80.7 Å². The second-order valence-electron chi connectivity index (χ2n) is 9.95. The summed E-state index contributed by atoms with van der Waals surface area (Å²) in [5, 5.41) is 13.7. The van der Waals surface area contributed by atoms with Crippen LogP contribution in [0.4, 0.5) is 5.82 Å². The molecule has 1 atom stereocenters. The molecule has 5 nitrogen and oxygen atoms in total. The topological polar surface area (TPSA) is 80.4 Å². The summed E-state index contributed by atoms with van der Waals surface area (Å²) in [5.74, 6) is 0.722. The van der Waals surface area contributed by atoms with Gasteiger partial charge in [0, 0.05) is 17.3 Å². The van der Waals surface area contributed by atoms with Gasteiger partial charge in [0.2, 0.25) is 0 Å². The molecular formula is C30H33BN3O2. The van der Waals surface area contributed by atoms with Crippen molar-refractivity contribution in [1.29, 1.82) is 0 Å². The van der Waals surface area contributed by atoms with Gasteiger partial charge < -0.3 is 20.8 Å². The van der Waals surface area contributed by atoms with Crippen LogP contribution in [0, 0.1) is 0 Å². The Morgan fingerprint density at radius 1 is 0.833 bits per heavy atom. The largest absolute Gasteiger partial charge is 0.427 e. The van der Waals surface area contributed by atoms with Gasteiger partial charge in [0.1, 0.15) is 12.0 Å². The van der Waals surface area contributed by atoms with Gasteiger partial charge in [-0.2, -0.15) is 0 Å². The SMILES string of the molecule is CC(C)(O)C(C)(C)O[B]c1ccc(C(N)Nc2ncc(-c3ccccc3)cc2-c2ccccc2)cc1. The highest BCUT2D eigenvalue weighted by molar-refractivity contribution is 6.47. The molecule has 0 saturated carbocycles. The van der Waals surface area contributed by atoms with Crippen molar-refractivity contribution in [3.05, 3.63) is 103 Å². The normalized spacial score (nSPS) is 12.7. The number of hydrogen-bond acceptors (Lipinski definition) is 5. The van der Waals surface area contributed by atoms with Crippen LogP contribution in [-0.4, -0.2) is 28.8 Å². The van der Waals surface area contributed by atoms with Gasteiger partial charge in [-0.15, -0.1) is 0 Å². The fraction of sp³-hybridized carbons (Fsp3) is 0.233. The molecule has 0 aliphatic heterocycles. The van der Waals surface area contributed by atoms with E-state index in [0.717, 1.165) is 39.1 Å². The maximum absolute atomic E-state index is 10.3. The molecule has 0 spiro atoms. The lowest BCUT2D eigenvalue weighted by atomic mass is 9.82. The second kappa shape index (κ2) is 10.7. The number of anilines is 1. The molecule has 36 heavy (non-hydrogen) atoms. The molecule has 4 aromatic rings. The Labute approximate surface area is 214 Å². The summed E-state index contributed by atoms with van der Waals surface area (Å²) in [6.07, 6.45) is 1.42. The highest BCUT2D eigenvalue weighted by Crippen LogP contribution is 2.32. The molecule has 4 rings (SSSR count). The molecule has 3 aromatic carbocycles. The third-order valence-corrected chi connectivity index (χ3v) is 6.63. The number of rotatable bonds is 9. The first kappa shape index (κ1) is 25.6. The lowest BCUT2D eigenvalue weighted by Gasteiger charge is -2.37. The molecule has 1 heterocycles. The number of hydrogen-bond donors (Lipinski definition) is 3. The zero-order valence-electron chi connectivity index (χ0n) is 21.3. The first-order valence-corrected chi connectivity index (χ1v) is 12.1. The van der Waals surface area contributed by atoms with Gasteiger partial charge in [-0.25, -0.2) is 4.98 Å². The number of nitrogens with one attached hydrogen (secondary N) is 1. The summed E-state index contributed by atoms with van der Waals surface area (Å²) in [4.78, 5) is 4.75. The van der Waals surface area contributed by atoms with Gasteiger partial charge in [0.25, 0.3) is 0 Å². The van der Waals surface area contributed by atoms with Gasteiger partial charge in [0.15, 0.2) is 0 Å². The summed E-state index contributed by atoms with van der Waals surface area (Å²) in [7, 11) is 1.66. The molecule has 0 bridgehead atoms. The van der Waals surface area contributed by atoms with Crippen molar-refractivity contribution in [3.63, 3.8) is 0 Å². The predicted octanol–water partition coefficient (Wildman–Crippen LogP) is 5.30. The smallest absolute Gasteiger partial charge is 0.330 e. The summed E-state index contributed by atoms with van der Waals surface area (Å²) < 4.78 is 5.86. The van der Waals surface area contributed by atoms with E-state index in [0.29, 0.717) is 0 Å². The van der Waals surface area contributed by atoms with Crippen molar-refractivity contribution in [2.24, 2.45) is 5.73 Å². The van der Waals surface area contributed by atoms with E-state index in [4.69, 9.17) is 15.4 Å². The molecule has 183 valence electrons. The summed E-state index contributed by atoms with van der Waals surface area (Å²) in [6, 6.07) is 30.4. The zero-order chi connectivity index (χ0) is 25.8. The first-order chi connectivity index (χ1) is 17.1. The molecular weight excluding hydrogens is 445 g/mol. The fourth-order valence-electron chi connectivity index (χ4n) is 3.58. The molecule has 0 saturated heterocycles. The van der Waals surface area contributed by atoms with Crippen molar-refractivity contribution in [1.82, 2.24) is 4.98 Å². The van der Waals surface area contributed by atoms with E-state index in [1.54, 1.807) is 21.3 Å². The third-order valence-electron chi connectivity index (χ3n) is 6.63. The van der Waals surface area contributed by atoms with Crippen LogP contribution in [0.3, 0.4) is 0 Å². The Hall–Kier alpha value is -3.45. The highest BCUT2D eigenvalue weighted by atomic mass is 16.5. The highest BCUT2D eigenvalue weighted by Gasteiger charge is 2.35. The second-order valence-corrected chi connectivity index (χ2v) is 9.95. The number of nitrogens with two attached hydrogens (primary N) is 1. The molecule has 0 aliphatic carbocycles. The van der Waals surface area contributed by atoms with Crippen molar-refractivity contribution in [3.8, 4) is 22.3 Å². The summed E-state index contributed by atoms with van der Waals surface area (Å²) in [5.41, 5.74) is 10.9. The summed E-state index contributed by atoms with van der Waals surface area (Å²) in [6.45, 7) is 7.19. The number of benzene rings is 3. The van der Waals surface area contributed by atoms with Gasteiger partial charge in [-0.3, -0.25) is 0 Å². The first-order valence-electron chi connectivity index (χ1n) is 12.1. The quantitative estimate of drug-likeness (QED) is 0.225. The van der Waals surface area contributed by atoms with Crippen molar-refractivity contribution in [2.45, 2.75) is 45.1 Å². The van der Waals surface area contributed by atoms with Crippen LogP contribution in [0.5, 0.6) is 0 Å². The van der Waals surface area contributed by atoms with E-state index >= 15 is 0 Å². The monoisotopic (exact) mass is 478 g/mol. The van der Waals surface area contributed by atoms with E-state index in [2.05, 4.69) is 35.6 Å². The molecule has 1 radical (unpaired) electrons. The van der Waals surface area contributed by atoms with E-state index in [-0.39, 0.29) is 0 Å². The van der Waals surface area contributed by atoms with Gasteiger partial charge >= 0.3 is 7.48 Å². The molecule has 0 fully saturated rings. The van der Waals surface area contributed by atoms with Crippen LogP contribution in [-0.2, 0) is 4.65 Å². The number of nitrogens with zero attached hydrogens (tertiary/aromatic N) is 1. The average molecular weight is 478 g/mol. The zero-order valence-corrected chi connectivity index (χ0v) is 21.3. The van der Waals surface area contributed by atoms with Crippen LogP contribution in [0.2, 0.25) is 0 Å². The minimum absolute atomic E-state index is 0.453. The van der Waals surface area contributed by atoms with Gasteiger partial charge in [-0.05, 0) is 50.5 Å². The molecule has 1 unspecified atom stereocenters. The van der Waals surface area contributed by atoms with Crippen LogP contribution in [0.15, 0.2) is 97.2 Å². The minimum atomic E-state index is -0.977. The molecule has 1 aromatic heterocycles. The van der Waals surface area contributed by atoms with Gasteiger partial charge in [0.05, 0.1) is 11.2 Å². The number of pyridine rings is 1.